The summed E-state index contributed by atoms with van der Waals surface area (Å²) in [7, 11) is 0. The van der Waals surface area contributed by atoms with E-state index in [1.807, 2.05) is 12.1 Å². The van der Waals surface area contributed by atoms with E-state index in [1.165, 1.54) is 15.9 Å². The van der Waals surface area contributed by atoms with E-state index in [2.05, 4.69) is 28.5 Å². The second kappa shape index (κ2) is 5.23. The minimum Gasteiger partial charge on any atom is -0.376 e. The van der Waals surface area contributed by atoms with Gasteiger partial charge in [-0.05, 0) is 24.4 Å². The SMILES string of the molecule is NC(=S)NCCSc1cc2ccccc2[nH]1. The number of para-hydroxylation sites is 1. The van der Waals surface area contributed by atoms with Crippen LogP contribution in [0.2, 0.25) is 0 Å². The molecule has 0 unspecified atom stereocenters. The Hall–Kier alpha value is -1.20. The van der Waals surface area contributed by atoms with Gasteiger partial charge >= 0.3 is 0 Å². The van der Waals surface area contributed by atoms with E-state index < -0.39 is 0 Å². The molecule has 0 bridgehead atoms. The van der Waals surface area contributed by atoms with Crippen molar-refractivity contribution in [1.29, 1.82) is 0 Å². The molecule has 5 heteroatoms. The molecule has 0 saturated carbocycles. The normalized spacial score (nSPS) is 10.5. The van der Waals surface area contributed by atoms with E-state index in [9.17, 15) is 0 Å². The number of hydrogen-bond acceptors (Lipinski definition) is 2. The molecule has 1 aromatic carbocycles. The van der Waals surface area contributed by atoms with Gasteiger partial charge in [0.25, 0.3) is 0 Å². The summed E-state index contributed by atoms with van der Waals surface area (Å²) in [4.78, 5) is 3.35. The Balaban J connectivity index is 1.92. The molecule has 0 aliphatic heterocycles. The quantitative estimate of drug-likeness (QED) is 0.442. The first-order chi connectivity index (χ1) is 7.75. The highest BCUT2D eigenvalue weighted by Gasteiger charge is 1.99. The van der Waals surface area contributed by atoms with Crippen molar-refractivity contribution in [2.45, 2.75) is 5.03 Å². The molecular weight excluding hydrogens is 238 g/mol. The minimum absolute atomic E-state index is 0.359. The summed E-state index contributed by atoms with van der Waals surface area (Å²) in [5, 5.41) is 5.70. The highest BCUT2D eigenvalue weighted by molar-refractivity contribution is 7.99. The first kappa shape index (κ1) is 11.3. The maximum Gasteiger partial charge on any atom is 0.163 e. The van der Waals surface area contributed by atoms with E-state index in [1.54, 1.807) is 11.8 Å². The fourth-order valence-corrected chi connectivity index (χ4v) is 2.38. The van der Waals surface area contributed by atoms with Gasteiger partial charge in [0.2, 0.25) is 0 Å². The Morgan fingerprint density at radius 3 is 3.00 bits per heavy atom. The molecule has 2 aromatic rings. The van der Waals surface area contributed by atoms with Gasteiger partial charge in [0.15, 0.2) is 5.11 Å². The number of rotatable bonds is 4. The number of benzene rings is 1. The summed E-state index contributed by atoms with van der Waals surface area (Å²) in [6.45, 7) is 0.787. The first-order valence-corrected chi connectivity index (χ1v) is 6.39. The van der Waals surface area contributed by atoms with Gasteiger partial charge < -0.3 is 16.0 Å². The minimum atomic E-state index is 0.359. The van der Waals surface area contributed by atoms with Crippen LogP contribution in [0.4, 0.5) is 0 Å². The highest BCUT2D eigenvalue weighted by Crippen LogP contribution is 2.22. The number of aromatic amines is 1. The van der Waals surface area contributed by atoms with Crippen LogP contribution in [-0.2, 0) is 0 Å². The van der Waals surface area contributed by atoms with Crippen LogP contribution in [0.25, 0.3) is 10.9 Å². The lowest BCUT2D eigenvalue weighted by Crippen LogP contribution is -2.30. The third kappa shape index (κ3) is 2.90. The van der Waals surface area contributed by atoms with E-state index >= 15 is 0 Å². The molecule has 0 amide bonds. The summed E-state index contributed by atoms with van der Waals surface area (Å²) >= 11 is 6.48. The van der Waals surface area contributed by atoms with Crippen LogP contribution in [0, 0.1) is 0 Å². The van der Waals surface area contributed by atoms with Gasteiger partial charge in [0, 0.05) is 23.2 Å². The number of thiocarbonyl (C=S) groups is 1. The molecule has 3 nitrogen and oxygen atoms in total. The molecule has 16 heavy (non-hydrogen) atoms. The molecule has 0 spiro atoms. The van der Waals surface area contributed by atoms with Crippen LogP contribution in [0.15, 0.2) is 35.4 Å². The van der Waals surface area contributed by atoms with Crippen LogP contribution in [0.3, 0.4) is 0 Å². The molecule has 0 aliphatic rings. The molecule has 2 rings (SSSR count). The molecule has 0 aliphatic carbocycles. The zero-order valence-corrected chi connectivity index (χ0v) is 10.3. The van der Waals surface area contributed by atoms with Crippen molar-refractivity contribution in [2.24, 2.45) is 5.73 Å². The molecule has 1 aromatic heterocycles. The highest BCUT2D eigenvalue weighted by atomic mass is 32.2. The van der Waals surface area contributed by atoms with Crippen molar-refractivity contribution >= 4 is 40.0 Å². The van der Waals surface area contributed by atoms with E-state index in [4.69, 9.17) is 18.0 Å². The monoisotopic (exact) mass is 251 g/mol. The summed E-state index contributed by atoms with van der Waals surface area (Å²) in [6.07, 6.45) is 0. The van der Waals surface area contributed by atoms with Crippen molar-refractivity contribution in [2.75, 3.05) is 12.3 Å². The predicted molar refractivity (Wildman–Crippen MR) is 73.8 cm³/mol. The smallest absolute Gasteiger partial charge is 0.163 e. The Labute approximate surface area is 104 Å². The average molecular weight is 251 g/mol. The Morgan fingerprint density at radius 2 is 2.25 bits per heavy atom. The number of fused-ring (bicyclic) bond motifs is 1. The van der Waals surface area contributed by atoms with Gasteiger partial charge in [-0.1, -0.05) is 18.2 Å². The lowest BCUT2D eigenvalue weighted by molar-refractivity contribution is 0.981. The van der Waals surface area contributed by atoms with Crippen LogP contribution in [0.5, 0.6) is 0 Å². The summed E-state index contributed by atoms with van der Waals surface area (Å²) in [5.41, 5.74) is 6.51. The number of nitrogens with one attached hydrogen (secondary N) is 2. The van der Waals surface area contributed by atoms with Gasteiger partial charge in [0.1, 0.15) is 0 Å². The molecule has 0 atom stereocenters. The lowest BCUT2D eigenvalue weighted by atomic mass is 10.3. The third-order valence-electron chi connectivity index (χ3n) is 2.16. The molecule has 4 N–H and O–H groups in total. The molecule has 0 saturated heterocycles. The maximum atomic E-state index is 5.34. The third-order valence-corrected chi connectivity index (χ3v) is 3.25. The molecule has 0 radical (unpaired) electrons. The van der Waals surface area contributed by atoms with Crippen molar-refractivity contribution in [1.82, 2.24) is 10.3 Å². The van der Waals surface area contributed by atoms with Gasteiger partial charge in [-0.25, -0.2) is 0 Å². The fourth-order valence-electron chi connectivity index (χ4n) is 1.46. The summed E-state index contributed by atoms with van der Waals surface area (Å²) in [6, 6.07) is 10.4. The molecule has 84 valence electrons. The Bertz CT molecular complexity index is 460. The Kier molecular flexibility index (Phi) is 3.69. The Morgan fingerprint density at radius 1 is 1.44 bits per heavy atom. The number of hydrogen-bond donors (Lipinski definition) is 3. The second-order valence-electron chi connectivity index (χ2n) is 3.36. The van der Waals surface area contributed by atoms with Crippen molar-refractivity contribution in [3.63, 3.8) is 0 Å². The number of thioether (sulfide) groups is 1. The molecule has 0 fully saturated rings. The number of H-pyrrole nitrogens is 1. The largest absolute Gasteiger partial charge is 0.376 e. The van der Waals surface area contributed by atoms with Gasteiger partial charge in [0.05, 0.1) is 5.03 Å². The lowest BCUT2D eigenvalue weighted by Gasteiger charge is -2.01. The fraction of sp³-hybridized carbons (Fsp3) is 0.182. The molecular formula is C11H13N3S2. The van der Waals surface area contributed by atoms with Crippen LogP contribution < -0.4 is 11.1 Å². The van der Waals surface area contributed by atoms with Crippen molar-refractivity contribution in [3.8, 4) is 0 Å². The number of aromatic nitrogens is 1. The first-order valence-electron chi connectivity index (χ1n) is 4.99. The second-order valence-corrected chi connectivity index (χ2v) is 4.94. The standard InChI is InChI=1S/C11H13N3S2/c12-11(15)13-5-6-16-10-7-8-3-1-2-4-9(8)14-10/h1-4,7,14H,5-6H2,(H3,12,13,15). The van der Waals surface area contributed by atoms with Gasteiger partial charge in [-0.2, -0.15) is 0 Å². The molecule has 1 heterocycles. The number of nitrogens with two attached hydrogens (primary N) is 1. The van der Waals surface area contributed by atoms with Gasteiger partial charge in [-0.15, -0.1) is 11.8 Å². The topological polar surface area (TPSA) is 53.8 Å². The predicted octanol–water partition coefficient (Wildman–Crippen LogP) is 2.09. The van der Waals surface area contributed by atoms with E-state index in [0.29, 0.717) is 5.11 Å². The van der Waals surface area contributed by atoms with E-state index in [0.717, 1.165) is 12.3 Å². The summed E-state index contributed by atoms with van der Waals surface area (Å²) < 4.78 is 0. The maximum absolute atomic E-state index is 5.34. The van der Waals surface area contributed by atoms with E-state index in [-0.39, 0.29) is 0 Å². The van der Waals surface area contributed by atoms with Crippen molar-refractivity contribution in [3.05, 3.63) is 30.3 Å². The van der Waals surface area contributed by atoms with Crippen LogP contribution in [-0.4, -0.2) is 22.4 Å². The van der Waals surface area contributed by atoms with Crippen molar-refractivity contribution < 1.29 is 0 Å². The average Bonchev–Trinajstić information content (AvgIpc) is 2.66. The van der Waals surface area contributed by atoms with Crippen LogP contribution >= 0.6 is 24.0 Å². The zero-order valence-electron chi connectivity index (χ0n) is 8.69. The van der Waals surface area contributed by atoms with Crippen LogP contribution in [0.1, 0.15) is 0 Å². The summed E-state index contributed by atoms with van der Waals surface area (Å²) in [5.74, 6) is 0.935. The van der Waals surface area contributed by atoms with Gasteiger partial charge in [-0.3, -0.25) is 0 Å². The zero-order chi connectivity index (χ0) is 11.4.